The summed E-state index contributed by atoms with van der Waals surface area (Å²) in [5.41, 5.74) is 1.48. The van der Waals surface area contributed by atoms with Gasteiger partial charge < -0.3 is 15.1 Å². The van der Waals surface area contributed by atoms with Crippen LogP contribution in [0.15, 0.2) is 24.3 Å². The number of carbonyl (C=O) groups excluding carboxylic acids is 1. The van der Waals surface area contributed by atoms with Crippen molar-refractivity contribution in [3.63, 3.8) is 0 Å². The minimum absolute atomic E-state index is 0.305. The fourth-order valence-corrected chi connectivity index (χ4v) is 1.96. The normalized spacial score (nSPS) is 10.0. The number of rotatable bonds is 6. The SMILES string of the molecule is CCN(C(=O)N(CC(=O)O)CC(=O)O)c1ccccc1C. The first-order valence-corrected chi connectivity index (χ1v) is 6.42. The topological polar surface area (TPSA) is 98.2 Å². The maximum Gasteiger partial charge on any atom is 0.325 e. The number of carbonyl (C=O) groups is 3. The summed E-state index contributed by atoms with van der Waals surface area (Å²) in [5, 5.41) is 17.6. The zero-order chi connectivity index (χ0) is 16.0. The Kier molecular flexibility index (Phi) is 5.71. The van der Waals surface area contributed by atoms with Gasteiger partial charge in [0, 0.05) is 12.2 Å². The van der Waals surface area contributed by atoms with Gasteiger partial charge in [-0.05, 0) is 25.5 Å². The van der Waals surface area contributed by atoms with Crippen molar-refractivity contribution in [1.29, 1.82) is 0 Å². The minimum atomic E-state index is -1.26. The molecular formula is C14H18N2O5. The highest BCUT2D eigenvalue weighted by Gasteiger charge is 2.25. The largest absolute Gasteiger partial charge is 0.480 e. The molecule has 0 aromatic heterocycles. The number of para-hydroxylation sites is 1. The van der Waals surface area contributed by atoms with Crippen LogP contribution in [0.2, 0.25) is 0 Å². The van der Waals surface area contributed by atoms with Gasteiger partial charge >= 0.3 is 18.0 Å². The second-order valence-electron chi connectivity index (χ2n) is 4.46. The van der Waals surface area contributed by atoms with Crippen molar-refractivity contribution in [1.82, 2.24) is 4.90 Å². The molecule has 0 spiro atoms. The Morgan fingerprint density at radius 3 is 2.00 bits per heavy atom. The van der Waals surface area contributed by atoms with Crippen LogP contribution in [-0.4, -0.2) is 52.7 Å². The van der Waals surface area contributed by atoms with Crippen LogP contribution in [0, 0.1) is 6.92 Å². The molecule has 114 valence electrons. The van der Waals surface area contributed by atoms with E-state index in [1.807, 2.05) is 19.1 Å². The fourth-order valence-electron chi connectivity index (χ4n) is 1.96. The third-order valence-corrected chi connectivity index (χ3v) is 2.88. The number of amides is 2. The highest BCUT2D eigenvalue weighted by molar-refractivity contribution is 5.95. The molecule has 2 amide bonds. The number of carboxylic acid groups (broad SMARTS) is 2. The molecule has 1 rings (SSSR count). The van der Waals surface area contributed by atoms with Gasteiger partial charge in [0.15, 0.2) is 0 Å². The second-order valence-corrected chi connectivity index (χ2v) is 4.46. The molecule has 1 aromatic carbocycles. The molecule has 0 saturated heterocycles. The van der Waals surface area contributed by atoms with E-state index in [1.54, 1.807) is 19.1 Å². The van der Waals surface area contributed by atoms with Gasteiger partial charge in [0.05, 0.1) is 0 Å². The molecule has 0 saturated carbocycles. The third-order valence-electron chi connectivity index (χ3n) is 2.88. The Labute approximate surface area is 122 Å². The lowest BCUT2D eigenvalue weighted by Crippen LogP contribution is -2.47. The van der Waals surface area contributed by atoms with Crippen molar-refractivity contribution < 1.29 is 24.6 Å². The monoisotopic (exact) mass is 294 g/mol. The van der Waals surface area contributed by atoms with E-state index in [0.29, 0.717) is 12.2 Å². The molecular weight excluding hydrogens is 276 g/mol. The van der Waals surface area contributed by atoms with Crippen LogP contribution < -0.4 is 4.90 Å². The van der Waals surface area contributed by atoms with E-state index in [2.05, 4.69) is 0 Å². The maximum atomic E-state index is 12.4. The highest BCUT2D eigenvalue weighted by Crippen LogP contribution is 2.20. The maximum absolute atomic E-state index is 12.4. The van der Waals surface area contributed by atoms with Gasteiger partial charge in [-0.3, -0.25) is 14.5 Å². The average Bonchev–Trinajstić information content (AvgIpc) is 2.39. The molecule has 0 atom stereocenters. The number of aliphatic carboxylic acids is 2. The number of nitrogens with zero attached hydrogens (tertiary/aromatic N) is 2. The summed E-state index contributed by atoms with van der Waals surface area (Å²) in [6.07, 6.45) is 0. The van der Waals surface area contributed by atoms with Crippen LogP contribution in [0.3, 0.4) is 0 Å². The van der Waals surface area contributed by atoms with E-state index in [9.17, 15) is 14.4 Å². The molecule has 0 fully saturated rings. The van der Waals surface area contributed by atoms with Crippen LogP contribution in [-0.2, 0) is 9.59 Å². The van der Waals surface area contributed by atoms with Crippen LogP contribution in [0.4, 0.5) is 10.5 Å². The standard InChI is InChI=1S/C14H18N2O5/c1-3-16(11-7-5-4-6-10(11)2)14(21)15(8-12(17)18)9-13(19)20/h4-7H,3,8-9H2,1-2H3,(H,17,18)(H,19,20). The molecule has 7 heteroatoms. The lowest BCUT2D eigenvalue weighted by Gasteiger charge is -2.29. The quantitative estimate of drug-likeness (QED) is 0.826. The number of hydrogen-bond donors (Lipinski definition) is 2. The Morgan fingerprint density at radius 1 is 1.05 bits per heavy atom. The summed E-state index contributed by atoms with van der Waals surface area (Å²) in [7, 11) is 0. The Bertz CT molecular complexity index is 528. The zero-order valence-electron chi connectivity index (χ0n) is 11.9. The summed E-state index contributed by atoms with van der Waals surface area (Å²) < 4.78 is 0. The highest BCUT2D eigenvalue weighted by atomic mass is 16.4. The third kappa shape index (κ3) is 4.48. The predicted molar refractivity (Wildman–Crippen MR) is 76.4 cm³/mol. The molecule has 0 bridgehead atoms. The van der Waals surface area contributed by atoms with Gasteiger partial charge in [-0.25, -0.2) is 4.79 Å². The second kappa shape index (κ2) is 7.28. The van der Waals surface area contributed by atoms with Gasteiger partial charge in [-0.15, -0.1) is 0 Å². The Balaban J connectivity index is 3.06. The number of urea groups is 1. The first-order valence-electron chi connectivity index (χ1n) is 6.42. The Hall–Kier alpha value is -2.57. The van der Waals surface area contributed by atoms with Crippen molar-refractivity contribution >= 4 is 23.7 Å². The molecule has 0 heterocycles. The van der Waals surface area contributed by atoms with E-state index in [0.717, 1.165) is 10.5 Å². The molecule has 0 unspecified atom stereocenters. The lowest BCUT2D eigenvalue weighted by atomic mass is 10.2. The first-order chi connectivity index (χ1) is 9.86. The summed E-state index contributed by atoms with van der Waals surface area (Å²) in [6.45, 7) is 2.55. The first kappa shape index (κ1) is 16.5. The van der Waals surface area contributed by atoms with Crippen LogP contribution in [0.1, 0.15) is 12.5 Å². The van der Waals surface area contributed by atoms with Gasteiger partial charge in [-0.2, -0.15) is 0 Å². The molecule has 0 radical (unpaired) electrons. The number of carboxylic acids is 2. The minimum Gasteiger partial charge on any atom is -0.480 e. The average molecular weight is 294 g/mol. The van der Waals surface area contributed by atoms with Crippen molar-refractivity contribution in [2.45, 2.75) is 13.8 Å². The van der Waals surface area contributed by atoms with E-state index in [4.69, 9.17) is 10.2 Å². The molecule has 1 aromatic rings. The van der Waals surface area contributed by atoms with Gasteiger partial charge in [0.1, 0.15) is 13.1 Å². The van der Waals surface area contributed by atoms with Crippen LogP contribution in [0.25, 0.3) is 0 Å². The molecule has 2 N–H and O–H groups in total. The number of anilines is 1. The number of benzene rings is 1. The molecule has 21 heavy (non-hydrogen) atoms. The number of hydrogen-bond acceptors (Lipinski definition) is 3. The zero-order valence-corrected chi connectivity index (χ0v) is 11.9. The summed E-state index contributed by atoms with van der Waals surface area (Å²) in [4.78, 5) is 36.2. The van der Waals surface area contributed by atoms with Gasteiger partial charge in [0.2, 0.25) is 0 Å². The summed E-state index contributed by atoms with van der Waals surface area (Å²) in [5.74, 6) is -2.52. The smallest absolute Gasteiger partial charge is 0.325 e. The fraction of sp³-hybridized carbons (Fsp3) is 0.357. The van der Waals surface area contributed by atoms with E-state index < -0.39 is 31.1 Å². The van der Waals surface area contributed by atoms with Crippen molar-refractivity contribution in [3.8, 4) is 0 Å². The molecule has 0 aliphatic heterocycles. The summed E-state index contributed by atoms with van der Waals surface area (Å²) in [6, 6.07) is 6.50. The van der Waals surface area contributed by atoms with Gasteiger partial charge in [-0.1, -0.05) is 18.2 Å². The lowest BCUT2D eigenvalue weighted by molar-refractivity contribution is -0.140. The predicted octanol–water partition coefficient (Wildman–Crippen LogP) is 1.41. The van der Waals surface area contributed by atoms with Crippen LogP contribution >= 0.6 is 0 Å². The molecule has 0 aliphatic rings. The van der Waals surface area contributed by atoms with Crippen molar-refractivity contribution in [3.05, 3.63) is 29.8 Å². The molecule has 7 nitrogen and oxygen atoms in total. The van der Waals surface area contributed by atoms with E-state index >= 15 is 0 Å². The van der Waals surface area contributed by atoms with Gasteiger partial charge in [0.25, 0.3) is 0 Å². The molecule has 0 aliphatic carbocycles. The van der Waals surface area contributed by atoms with Crippen molar-refractivity contribution in [2.75, 3.05) is 24.5 Å². The Morgan fingerprint density at radius 2 is 1.57 bits per heavy atom. The van der Waals surface area contributed by atoms with Crippen molar-refractivity contribution in [2.24, 2.45) is 0 Å². The van der Waals surface area contributed by atoms with Crippen LogP contribution in [0.5, 0.6) is 0 Å². The van der Waals surface area contributed by atoms with E-state index in [1.165, 1.54) is 4.90 Å². The summed E-state index contributed by atoms with van der Waals surface area (Å²) >= 11 is 0. The number of aryl methyl sites for hydroxylation is 1. The van der Waals surface area contributed by atoms with E-state index in [-0.39, 0.29) is 0 Å².